The van der Waals surface area contributed by atoms with Crippen molar-refractivity contribution in [1.29, 1.82) is 0 Å². The number of aryl methyl sites for hydroxylation is 1. The minimum Gasteiger partial charge on any atom is -0.507 e. The largest absolute Gasteiger partial charge is 0.507 e. The first-order valence-electron chi connectivity index (χ1n) is 10.5. The average molecular weight is 415 g/mol. The summed E-state index contributed by atoms with van der Waals surface area (Å²) in [6, 6.07) is 13.6. The monoisotopic (exact) mass is 415 g/mol. The maximum atomic E-state index is 10.7. The molecule has 1 saturated heterocycles. The Labute approximate surface area is 180 Å². The van der Waals surface area contributed by atoms with Gasteiger partial charge in [-0.05, 0) is 61.5 Å². The van der Waals surface area contributed by atoms with Gasteiger partial charge in [0, 0.05) is 43.2 Å². The zero-order chi connectivity index (χ0) is 21.5. The molecule has 1 N–H and O–H groups in total. The minimum atomic E-state index is 0.173. The van der Waals surface area contributed by atoms with E-state index in [1.807, 2.05) is 50.5 Å². The van der Waals surface area contributed by atoms with E-state index in [9.17, 15) is 5.11 Å². The zero-order valence-electron chi connectivity index (χ0n) is 17.9. The van der Waals surface area contributed by atoms with Crippen molar-refractivity contribution in [1.82, 2.24) is 24.9 Å². The lowest BCUT2D eigenvalue weighted by Crippen LogP contribution is -2.42. The number of rotatable bonds is 5. The van der Waals surface area contributed by atoms with Gasteiger partial charge >= 0.3 is 0 Å². The molecule has 1 aliphatic heterocycles. The van der Waals surface area contributed by atoms with Crippen molar-refractivity contribution in [2.75, 3.05) is 26.7 Å². The van der Waals surface area contributed by atoms with Crippen LogP contribution in [0.4, 0.5) is 0 Å². The predicted molar refractivity (Wildman–Crippen MR) is 120 cm³/mol. The maximum absolute atomic E-state index is 10.7. The summed E-state index contributed by atoms with van der Waals surface area (Å²) in [5.74, 6) is 1.36. The Kier molecular flexibility index (Phi) is 4.82. The van der Waals surface area contributed by atoms with Gasteiger partial charge in [-0.25, -0.2) is 0 Å². The fourth-order valence-corrected chi connectivity index (χ4v) is 4.17. The van der Waals surface area contributed by atoms with E-state index in [-0.39, 0.29) is 5.75 Å². The highest BCUT2D eigenvalue weighted by atomic mass is 16.5. The van der Waals surface area contributed by atoms with Gasteiger partial charge in [0.2, 0.25) is 0 Å². The molecule has 1 aliphatic rings. The standard InChI is InChI=1S/C24H25N5O2/c1-4-31-23-11-16(9-17-14-29(3)27-24(17)23)15-5-6-19(22(30)10-15)21-8-7-20(25-26-21)18-12-28(2)13-18/h5-11,14,18,30H,4,12-13H2,1-3H3. The van der Waals surface area contributed by atoms with Crippen LogP contribution in [-0.2, 0) is 7.05 Å². The molecule has 0 amide bonds. The lowest BCUT2D eigenvalue weighted by molar-refractivity contribution is 0.186. The van der Waals surface area contributed by atoms with E-state index in [1.54, 1.807) is 10.7 Å². The number of ether oxygens (including phenoxy) is 1. The number of fused-ring (bicyclic) bond motifs is 1. The first-order valence-corrected chi connectivity index (χ1v) is 10.5. The number of nitrogens with zero attached hydrogens (tertiary/aromatic N) is 5. The van der Waals surface area contributed by atoms with Crippen LogP contribution in [0.1, 0.15) is 18.5 Å². The molecule has 0 unspecified atom stereocenters. The van der Waals surface area contributed by atoms with Gasteiger partial charge in [-0.3, -0.25) is 4.68 Å². The Morgan fingerprint density at radius 1 is 1.03 bits per heavy atom. The molecule has 2 aromatic carbocycles. The van der Waals surface area contributed by atoms with Gasteiger partial charge in [-0.1, -0.05) is 6.07 Å². The summed E-state index contributed by atoms with van der Waals surface area (Å²) in [5, 5.41) is 25.0. The third-order valence-electron chi connectivity index (χ3n) is 5.76. The Morgan fingerprint density at radius 2 is 1.87 bits per heavy atom. The molecule has 0 spiro atoms. The molecule has 0 bridgehead atoms. The molecular formula is C24H25N5O2. The van der Waals surface area contributed by atoms with Crippen molar-refractivity contribution >= 4 is 10.9 Å². The highest BCUT2D eigenvalue weighted by molar-refractivity contribution is 5.90. The van der Waals surface area contributed by atoms with E-state index in [4.69, 9.17) is 4.74 Å². The number of aromatic hydroxyl groups is 1. The number of hydrogen-bond acceptors (Lipinski definition) is 6. The number of likely N-dealkylation sites (N-methyl/N-ethyl adjacent to an activating group) is 1. The van der Waals surface area contributed by atoms with Gasteiger partial charge < -0.3 is 14.7 Å². The number of phenols is 1. The first kappa shape index (κ1) is 19.5. The van der Waals surface area contributed by atoms with Crippen molar-refractivity contribution < 1.29 is 9.84 Å². The summed E-state index contributed by atoms with van der Waals surface area (Å²) in [4.78, 5) is 2.25. The Balaban J connectivity index is 1.47. The molecule has 4 aromatic rings. The smallest absolute Gasteiger partial charge is 0.147 e. The van der Waals surface area contributed by atoms with Gasteiger partial charge in [0.1, 0.15) is 17.0 Å². The van der Waals surface area contributed by atoms with Crippen LogP contribution in [0.15, 0.2) is 48.7 Å². The van der Waals surface area contributed by atoms with E-state index in [0.717, 1.165) is 46.6 Å². The maximum Gasteiger partial charge on any atom is 0.147 e. The molecule has 158 valence electrons. The lowest BCUT2D eigenvalue weighted by atomic mass is 9.96. The van der Waals surface area contributed by atoms with E-state index in [1.165, 1.54) is 0 Å². The molecule has 0 atom stereocenters. The van der Waals surface area contributed by atoms with Gasteiger partial charge in [-0.15, -0.1) is 0 Å². The SMILES string of the molecule is CCOc1cc(-c2ccc(-c3ccc(C4CN(C)C4)nn3)c(O)c2)cc2cn(C)nc12. The van der Waals surface area contributed by atoms with Crippen molar-refractivity contribution in [2.45, 2.75) is 12.8 Å². The molecule has 0 aliphatic carbocycles. The molecule has 1 fully saturated rings. The van der Waals surface area contributed by atoms with Crippen LogP contribution >= 0.6 is 0 Å². The Bertz CT molecular complexity index is 1240. The van der Waals surface area contributed by atoms with Crippen molar-refractivity contribution in [3.63, 3.8) is 0 Å². The minimum absolute atomic E-state index is 0.173. The first-order chi connectivity index (χ1) is 15.0. The quantitative estimate of drug-likeness (QED) is 0.534. The molecule has 5 rings (SSSR count). The lowest BCUT2D eigenvalue weighted by Gasteiger charge is -2.35. The van der Waals surface area contributed by atoms with Gasteiger partial charge in [0.05, 0.1) is 18.0 Å². The molecule has 3 heterocycles. The van der Waals surface area contributed by atoms with Crippen molar-refractivity contribution in [3.05, 3.63) is 54.4 Å². The summed E-state index contributed by atoms with van der Waals surface area (Å²) in [6.07, 6.45) is 1.96. The molecule has 0 saturated carbocycles. The zero-order valence-corrected chi connectivity index (χ0v) is 17.9. The third kappa shape index (κ3) is 3.61. The summed E-state index contributed by atoms with van der Waals surface area (Å²) < 4.78 is 7.59. The summed E-state index contributed by atoms with van der Waals surface area (Å²) in [7, 11) is 3.99. The highest BCUT2D eigenvalue weighted by Crippen LogP contribution is 2.36. The van der Waals surface area contributed by atoms with Crippen LogP contribution in [0, 0.1) is 0 Å². The number of hydrogen-bond donors (Lipinski definition) is 1. The van der Waals surface area contributed by atoms with Gasteiger partial charge in [0.25, 0.3) is 0 Å². The van der Waals surface area contributed by atoms with Crippen LogP contribution in [0.3, 0.4) is 0 Å². The van der Waals surface area contributed by atoms with E-state index in [0.29, 0.717) is 23.8 Å². The van der Waals surface area contributed by atoms with Crippen LogP contribution in [0.2, 0.25) is 0 Å². The Hall–Kier alpha value is -3.45. The predicted octanol–water partition coefficient (Wildman–Crippen LogP) is 3.83. The summed E-state index contributed by atoms with van der Waals surface area (Å²) >= 11 is 0. The molecule has 31 heavy (non-hydrogen) atoms. The van der Waals surface area contributed by atoms with E-state index >= 15 is 0 Å². The van der Waals surface area contributed by atoms with Crippen LogP contribution < -0.4 is 4.74 Å². The normalized spacial score (nSPS) is 14.7. The second kappa shape index (κ2) is 7.67. The number of aromatic nitrogens is 4. The second-order valence-corrected chi connectivity index (χ2v) is 8.14. The van der Waals surface area contributed by atoms with Crippen LogP contribution in [0.25, 0.3) is 33.3 Å². The third-order valence-corrected chi connectivity index (χ3v) is 5.76. The molecule has 7 heteroatoms. The fraction of sp³-hybridized carbons (Fsp3) is 0.292. The summed E-state index contributed by atoms with van der Waals surface area (Å²) in [6.45, 7) is 4.54. The van der Waals surface area contributed by atoms with Gasteiger partial charge in [0.15, 0.2) is 0 Å². The topological polar surface area (TPSA) is 76.3 Å². The fourth-order valence-electron chi connectivity index (χ4n) is 4.17. The molecule has 0 radical (unpaired) electrons. The number of phenolic OH excluding ortho intramolecular Hbond substituents is 1. The number of likely N-dealkylation sites (tertiary alicyclic amines) is 1. The van der Waals surface area contributed by atoms with Crippen molar-refractivity contribution in [2.24, 2.45) is 7.05 Å². The van der Waals surface area contributed by atoms with E-state index < -0.39 is 0 Å². The molecule has 2 aromatic heterocycles. The van der Waals surface area contributed by atoms with E-state index in [2.05, 4.69) is 33.3 Å². The number of benzene rings is 2. The van der Waals surface area contributed by atoms with Crippen LogP contribution in [0.5, 0.6) is 11.5 Å². The van der Waals surface area contributed by atoms with Gasteiger partial charge in [-0.2, -0.15) is 15.3 Å². The molecular weight excluding hydrogens is 390 g/mol. The highest BCUT2D eigenvalue weighted by Gasteiger charge is 2.26. The average Bonchev–Trinajstić information content (AvgIpc) is 3.12. The van der Waals surface area contributed by atoms with Crippen molar-refractivity contribution in [3.8, 4) is 33.9 Å². The second-order valence-electron chi connectivity index (χ2n) is 8.14. The Morgan fingerprint density at radius 3 is 2.55 bits per heavy atom. The molecule has 7 nitrogen and oxygen atoms in total. The van der Waals surface area contributed by atoms with Crippen LogP contribution in [-0.4, -0.2) is 56.7 Å². The summed E-state index contributed by atoms with van der Waals surface area (Å²) in [5.41, 5.74) is 5.03.